The predicted molar refractivity (Wildman–Crippen MR) is 98.8 cm³/mol. The molecule has 2 heterocycles. The normalized spacial score (nSPS) is 14.4. The number of nitrogens with zero attached hydrogens (tertiary/aromatic N) is 3. The van der Waals surface area contributed by atoms with Crippen molar-refractivity contribution in [1.82, 2.24) is 15.5 Å². The van der Waals surface area contributed by atoms with Crippen molar-refractivity contribution in [2.24, 2.45) is 0 Å². The second-order valence-corrected chi connectivity index (χ2v) is 7.45. The second-order valence-electron chi connectivity index (χ2n) is 6.41. The maximum absolute atomic E-state index is 12.3. The summed E-state index contributed by atoms with van der Waals surface area (Å²) in [5.74, 6) is 0.805. The molecule has 0 saturated carbocycles. The topological polar surface area (TPSA) is 116 Å². The summed E-state index contributed by atoms with van der Waals surface area (Å²) < 4.78 is 5.54. The molecule has 1 aliphatic heterocycles. The molecule has 1 aromatic carbocycles. The van der Waals surface area contributed by atoms with Crippen molar-refractivity contribution in [3.8, 4) is 0 Å². The molecule has 2 N–H and O–H groups in total. The van der Waals surface area contributed by atoms with Crippen LogP contribution >= 0.6 is 11.8 Å². The first-order valence-electron chi connectivity index (χ1n) is 8.85. The highest BCUT2D eigenvalue weighted by molar-refractivity contribution is 7.99. The standard InChI is InChI=1S/C17H21N5O4S/c1-12-13(5-4-6-14(12)22(24)25)16(23)18-11-15-19-20-17(26-15)27-10-9-21-7-2-3-8-21/h4-6H,2-3,7-11H2,1H3,(H,18,23)/p+1. The first-order chi connectivity index (χ1) is 13.0. The summed E-state index contributed by atoms with van der Waals surface area (Å²) >= 11 is 1.52. The average Bonchev–Trinajstić information content (AvgIpc) is 3.32. The number of thioether (sulfide) groups is 1. The minimum absolute atomic E-state index is 0.0753. The molecule has 10 heteroatoms. The lowest BCUT2D eigenvalue weighted by molar-refractivity contribution is -0.884. The van der Waals surface area contributed by atoms with Crippen molar-refractivity contribution in [3.63, 3.8) is 0 Å². The highest BCUT2D eigenvalue weighted by Gasteiger charge is 2.19. The Balaban J connectivity index is 1.50. The molecular weight excluding hydrogens is 370 g/mol. The summed E-state index contributed by atoms with van der Waals surface area (Å²) in [6.45, 7) is 5.17. The Bertz CT molecular complexity index is 819. The molecule has 3 rings (SSSR count). The Morgan fingerprint density at radius 2 is 2.15 bits per heavy atom. The van der Waals surface area contributed by atoms with Crippen LogP contribution in [-0.2, 0) is 6.54 Å². The SMILES string of the molecule is Cc1c(C(=O)NCc2nnc(SCC[NH+]3CCCC3)o2)cccc1[N+](=O)[O-]. The molecule has 0 aliphatic carbocycles. The quantitative estimate of drug-likeness (QED) is 0.391. The third-order valence-electron chi connectivity index (χ3n) is 4.59. The van der Waals surface area contributed by atoms with Crippen molar-refractivity contribution in [3.05, 3.63) is 45.3 Å². The Labute approximate surface area is 160 Å². The van der Waals surface area contributed by atoms with E-state index in [1.165, 1.54) is 49.8 Å². The Kier molecular flexibility index (Phi) is 6.40. The number of aromatic nitrogens is 2. The van der Waals surface area contributed by atoms with Gasteiger partial charge in [-0.15, -0.1) is 10.2 Å². The molecule has 0 unspecified atom stereocenters. The number of amides is 1. The summed E-state index contributed by atoms with van der Waals surface area (Å²) in [6, 6.07) is 4.41. The number of carbonyl (C=O) groups is 1. The number of carbonyl (C=O) groups excluding carboxylic acids is 1. The van der Waals surface area contributed by atoms with Crippen LogP contribution in [0.15, 0.2) is 27.8 Å². The van der Waals surface area contributed by atoms with Crippen LogP contribution in [0.25, 0.3) is 0 Å². The molecular formula is C17H22N5O4S+. The number of hydrogen-bond acceptors (Lipinski definition) is 7. The van der Waals surface area contributed by atoms with Crippen molar-refractivity contribution in [2.75, 3.05) is 25.4 Å². The molecule has 0 atom stereocenters. The van der Waals surface area contributed by atoms with Crippen LogP contribution in [0.5, 0.6) is 0 Å². The van der Waals surface area contributed by atoms with Gasteiger partial charge in [-0.25, -0.2) is 0 Å². The first-order valence-corrected chi connectivity index (χ1v) is 9.84. The molecule has 0 radical (unpaired) electrons. The lowest BCUT2D eigenvalue weighted by Crippen LogP contribution is -3.10. The van der Waals surface area contributed by atoms with Crippen LogP contribution in [0, 0.1) is 17.0 Å². The molecule has 144 valence electrons. The maximum atomic E-state index is 12.3. The lowest BCUT2D eigenvalue weighted by Gasteiger charge is -2.09. The largest absolute Gasteiger partial charge is 0.414 e. The highest BCUT2D eigenvalue weighted by atomic mass is 32.2. The van der Waals surface area contributed by atoms with E-state index in [4.69, 9.17) is 4.42 Å². The minimum Gasteiger partial charge on any atom is -0.414 e. The number of quaternary nitrogens is 1. The number of rotatable bonds is 8. The van der Waals surface area contributed by atoms with Crippen molar-refractivity contribution >= 4 is 23.4 Å². The Morgan fingerprint density at radius 3 is 2.89 bits per heavy atom. The van der Waals surface area contributed by atoms with Gasteiger partial charge in [0.05, 0.1) is 36.9 Å². The van der Waals surface area contributed by atoms with E-state index in [0.29, 0.717) is 16.7 Å². The van der Waals surface area contributed by atoms with Crippen LogP contribution in [0.4, 0.5) is 5.69 Å². The zero-order valence-corrected chi connectivity index (χ0v) is 15.9. The van der Waals surface area contributed by atoms with Crippen molar-refractivity contribution in [2.45, 2.75) is 31.5 Å². The molecule has 1 aromatic heterocycles. The fourth-order valence-corrected chi connectivity index (χ4v) is 3.91. The lowest BCUT2D eigenvalue weighted by atomic mass is 10.1. The van der Waals surface area contributed by atoms with E-state index >= 15 is 0 Å². The summed E-state index contributed by atoms with van der Waals surface area (Å²) in [4.78, 5) is 24.4. The number of benzene rings is 1. The number of hydrogen-bond donors (Lipinski definition) is 2. The van der Waals surface area contributed by atoms with Gasteiger partial charge in [-0.2, -0.15) is 0 Å². The summed E-state index contributed by atoms with van der Waals surface area (Å²) in [5.41, 5.74) is 0.498. The Hall–Kier alpha value is -2.46. The van der Waals surface area contributed by atoms with Gasteiger partial charge in [0.2, 0.25) is 5.89 Å². The number of nitro benzene ring substituents is 1. The summed E-state index contributed by atoms with van der Waals surface area (Å²) in [6.07, 6.45) is 2.60. The monoisotopic (exact) mass is 392 g/mol. The van der Waals surface area contributed by atoms with E-state index in [-0.39, 0.29) is 17.8 Å². The van der Waals surface area contributed by atoms with Gasteiger partial charge in [0.15, 0.2) is 0 Å². The van der Waals surface area contributed by atoms with Crippen LogP contribution < -0.4 is 10.2 Å². The third kappa shape index (κ3) is 5.04. The molecule has 9 nitrogen and oxygen atoms in total. The third-order valence-corrected chi connectivity index (χ3v) is 5.41. The van der Waals surface area contributed by atoms with E-state index in [9.17, 15) is 14.9 Å². The van der Waals surface area contributed by atoms with Gasteiger partial charge in [-0.1, -0.05) is 17.8 Å². The molecule has 27 heavy (non-hydrogen) atoms. The van der Waals surface area contributed by atoms with E-state index in [1.54, 1.807) is 17.9 Å². The van der Waals surface area contributed by atoms with Crippen LogP contribution in [0.2, 0.25) is 0 Å². The van der Waals surface area contributed by atoms with Crippen molar-refractivity contribution in [1.29, 1.82) is 0 Å². The first kappa shape index (κ1) is 19.3. The number of nitrogens with one attached hydrogen (secondary N) is 2. The van der Waals surface area contributed by atoms with Crippen LogP contribution in [0.1, 0.15) is 34.7 Å². The summed E-state index contributed by atoms with van der Waals surface area (Å²) in [5, 5.41) is 22.1. The summed E-state index contributed by atoms with van der Waals surface area (Å²) in [7, 11) is 0. The van der Waals surface area contributed by atoms with Gasteiger partial charge >= 0.3 is 0 Å². The predicted octanol–water partition coefficient (Wildman–Crippen LogP) is 0.987. The zero-order chi connectivity index (χ0) is 19.2. The van der Waals surface area contributed by atoms with Gasteiger partial charge in [-0.05, 0) is 13.0 Å². The van der Waals surface area contributed by atoms with Crippen LogP contribution in [0.3, 0.4) is 0 Å². The minimum atomic E-state index is -0.502. The zero-order valence-electron chi connectivity index (χ0n) is 15.1. The van der Waals surface area contributed by atoms with Gasteiger partial charge in [0.25, 0.3) is 16.8 Å². The van der Waals surface area contributed by atoms with E-state index < -0.39 is 10.8 Å². The number of likely N-dealkylation sites (tertiary alicyclic amines) is 1. The van der Waals surface area contributed by atoms with Crippen molar-refractivity contribution < 1.29 is 19.0 Å². The molecule has 1 saturated heterocycles. The van der Waals surface area contributed by atoms with E-state index in [2.05, 4.69) is 15.5 Å². The van der Waals surface area contributed by atoms with E-state index in [0.717, 1.165) is 12.3 Å². The average molecular weight is 392 g/mol. The van der Waals surface area contributed by atoms with Gasteiger partial charge in [-0.3, -0.25) is 14.9 Å². The molecule has 1 fully saturated rings. The number of nitro groups is 1. The Morgan fingerprint density at radius 1 is 1.37 bits per heavy atom. The molecule has 0 spiro atoms. The second kappa shape index (κ2) is 8.96. The van der Waals surface area contributed by atoms with E-state index in [1.807, 2.05) is 0 Å². The van der Waals surface area contributed by atoms with Gasteiger partial charge in [0, 0.05) is 30.0 Å². The molecule has 0 bridgehead atoms. The molecule has 2 aromatic rings. The molecule has 1 amide bonds. The fraction of sp³-hybridized carbons (Fsp3) is 0.471. The fourth-order valence-electron chi connectivity index (χ4n) is 3.09. The van der Waals surface area contributed by atoms with Gasteiger partial charge in [0.1, 0.15) is 0 Å². The molecule has 1 aliphatic rings. The van der Waals surface area contributed by atoms with Gasteiger partial charge < -0.3 is 14.6 Å². The van der Waals surface area contributed by atoms with Crippen LogP contribution in [-0.4, -0.2) is 46.4 Å². The highest BCUT2D eigenvalue weighted by Crippen LogP contribution is 2.21. The smallest absolute Gasteiger partial charge is 0.276 e. The maximum Gasteiger partial charge on any atom is 0.276 e.